The molecule has 4 rings (SSSR count). The third kappa shape index (κ3) is 2.64. The number of phosphoric ester groups is 1. The molecule has 142 valence electrons. The van der Waals surface area contributed by atoms with Crippen molar-refractivity contribution in [1.29, 1.82) is 0 Å². The number of anilines is 1. The van der Waals surface area contributed by atoms with Gasteiger partial charge in [0.15, 0.2) is 16.6 Å². The van der Waals surface area contributed by atoms with Gasteiger partial charge in [0, 0.05) is 5.41 Å². The summed E-state index contributed by atoms with van der Waals surface area (Å²) in [4.78, 5) is 30.6. The van der Waals surface area contributed by atoms with Crippen LogP contribution in [0.15, 0.2) is 11.5 Å². The number of aliphatic hydroxyl groups excluding tert-OH is 2. The lowest BCUT2D eigenvalue weighted by molar-refractivity contribution is -0.0297. The Balaban J connectivity index is 1.70. The average Bonchev–Trinajstić information content (AvgIpc) is 3.08. The number of thioether (sulfide) groups is 1. The quantitative estimate of drug-likeness (QED) is 0.247. The predicted molar refractivity (Wildman–Crippen MR) is 91.1 cm³/mol. The first-order valence-electron chi connectivity index (χ1n) is 7.78. The van der Waals surface area contributed by atoms with Crippen LogP contribution in [0.25, 0.3) is 11.2 Å². The number of aromatic nitrogens is 4. The lowest BCUT2D eigenvalue weighted by Gasteiger charge is -2.24. The summed E-state index contributed by atoms with van der Waals surface area (Å²) in [5, 5.41) is 21.5. The number of phosphoric acid groups is 1. The highest BCUT2D eigenvalue weighted by Gasteiger charge is 2.72. The fraction of sp³-hybridized carbons (Fsp3) is 0.615. The van der Waals surface area contributed by atoms with Crippen molar-refractivity contribution in [2.75, 3.05) is 18.6 Å². The molecule has 2 heterocycles. The molecule has 0 aromatic carbocycles. The van der Waals surface area contributed by atoms with Crippen molar-refractivity contribution in [1.82, 2.24) is 19.5 Å². The van der Waals surface area contributed by atoms with E-state index in [2.05, 4.69) is 19.5 Å². The molecule has 6 N–H and O–H groups in total. The Morgan fingerprint density at radius 1 is 1.46 bits per heavy atom. The molecule has 13 heteroatoms. The Morgan fingerprint density at radius 2 is 2.19 bits per heavy atom. The molecule has 1 unspecified atom stereocenters. The van der Waals surface area contributed by atoms with Crippen LogP contribution in [-0.4, -0.2) is 64.6 Å². The maximum absolute atomic E-state index is 11.0. The van der Waals surface area contributed by atoms with Crippen LogP contribution in [0.2, 0.25) is 0 Å². The molecule has 0 amide bonds. The fourth-order valence-corrected chi connectivity index (χ4v) is 4.73. The van der Waals surface area contributed by atoms with Gasteiger partial charge < -0.3 is 30.3 Å². The Morgan fingerprint density at radius 3 is 2.85 bits per heavy atom. The summed E-state index contributed by atoms with van der Waals surface area (Å²) in [5.74, 6) is -0.0107. The molecule has 0 saturated heterocycles. The number of hydrogen-bond acceptors (Lipinski definition) is 9. The van der Waals surface area contributed by atoms with Crippen LogP contribution in [-0.2, 0) is 9.09 Å². The van der Waals surface area contributed by atoms with Crippen molar-refractivity contribution in [3.63, 3.8) is 0 Å². The Hall–Kier alpha value is -1.27. The van der Waals surface area contributed by atoms with Gasteiger partial charge in [0.1, 0.15) is 11.6 Å². The van der Waals surface area contributed by atoms with Crippen LogP contribution in [0.3, 0.4) is 0 Å². The first kappa shape index (κ1) is 18.1. The molecule has 2 aliphatic carbocycles. The van der Waals surface area contributed by atoms with E-state index < -0.39 is 31.5 Å². The average molecular weight is 403 g/mol. The lowest BCUT2D eigenvalue weighted by Crippen LogP contribution is -2.35. The smallest absolute Gasteiger partial charge is 0.390 e. The SMILES string of the molecule is CSc1nc(N)c2ncn([C@@H]3C4C[C@]4(COP(=O)(O)O)[C@@H](O)[C@H]3O)c2n1. The highest BCUT2D eigenvalue weighted by atomic mass is 32.2. The third-order valence-corrected chi connectivity index (χ3v) is 6.30. The van der Waals surface area contributed by atoms with E-state index in [1.54, 1.807) is 10.8 Å². The van der Waals surface area contributed by atoms with Crippen LogP contribution in [0.1, 0.15) is 12.5 Å². The number of nitrogens with zero attached hydrogens (tertiary/aromatic N) is 4. The minimum absolute atomic E-state index is 0.220. The van der Waals surface area contributed by atoms with E-state index in [0.29, 0.717) is 22.7 Å². The molecule has 2 saturated carbocycles. The third-order valence-electron chi connectivity index (χ3n) is 5.29. The summed E-state index contributed by atoms with van der Waals surface area (Å²) in [6.07, 6.45) is 1.42. The maximum Gasteiger partial charge on any atom is 0.469 e. The van der Waals surface area contributed by atoms with E-state index in [9.17, 15) is 14.8 Å². The first-order chi connectivity index (χ1) is 12.2. The first-order valence-corrected chi connectivity index (χ1v) is 10.5. The molecule has 2 fully saturated rings. The van der Waals surface area contributed by atoms with Gasteiger partial charge in [-0.1, -0.05) is 11.8 Å². The van der Waals surface area contributed by atoms with E-state index >= 15 is 0 Å². The number of nitrogens with two attached hydrogens (primary N) is 1. The van der Waals surface area contributed by atoms with Crippen molar-refractivity contribution in [3.8, 4) is 0 Å². The summed E-state index contributed by atoms with van der Waals surface area (Å²) < 4.78 is 17.3. The largest absolute Gasteiger partial charge is 0.469 e. The number of hydrogen-bond donors (Lipinski definition) is 5. The van der Waals surface area contributed by atoms with Crippen molar-refractivity contribution < 1.29 is 29.1 Å². The molecule has 2 aromatic rings. The van der Waals surface area contributed by atoms with Crippen LogP contribution >= 0.6 is 19.6 Å². The molecule has 0 aliphatic heterocycles. The summed E-state index contributed by atoms with van der Waals surface area (Å²) in [6.45, 7) is -0.337. The number of fused-ring (bicyclic) bond motifs is 2. The summed E-state index contributed by atoms with van der Waals surface area (Å²) >= 11 is 1.31. The topological polar surface area (TPSA) is 177 Å². The van der Waals surface area contributed by atoms with Crippen molar-refractivity contribution in [3.05, 3.63) is 6.33 Å². The Kier molecular flexibility index (Phi) is 4.08. The standard InChI is InChI=1S/C13H18N5O6PS/c1-26-12-16-10(14)6-11(17-12)18(4-15-6)7-5-2-13(5,9(20)8(7)19)3-24-25(21,22)23/h4-5,7-9,19-20H,2-3H2,1H3,(H2,14,16,17)(H2,21,22,23)/t5?,7-,8+,9+,13-/m1/s1. The van der Waals surface area contributed by atoms with Crippen LogP contribution in [0.5, 0.6) is 0 Å². The summed E-state index contributed by atoms with van der Waals surface area (Å²) in [7, 11) is -4.67. The molecule has 2 aromatic heterocycles. The second-order valence-corrected chi connectivity index (χ2v) is 8.67. The van der Waals surface area contributed by atoms with Crippen molar-refractivity contribution in [2.45, 2.75) is 29.8 Å². The highest BCUT2D eigenvalue weighted by Crippen LogP contribution is 2.68. The number of imidazole rings is 1. The van der Waals surface area contributed by atoms with Gasteiger partial charge in [0.25, 0.3) is 0 Å². The molecule has 11 nitrogen and oxygen atoms in total. The normalized spacial score (nSPS) is 33.6. The van der Waals surface area contributed by atoms with Gasteiger partial charge in [0.2, 0.25) is 0 Å². The van der Waals surface area contributed by atoms with E-state index in [-0.39, 0.29) is 18.3 Å². The second kappa shape index (κ2) is 5.86. The Bertz CT molecular complexity index is 920. The van der Waals surface area contributed by atoms with Gasteiger partial charge in [-0.25, -0.2) is 19.5 Å². The number of aliphatic hydroxyl groups is 2. The van der Waals surface area contributed by atoms with Gasteiger partial charge in [-0.15, -0.1) is 0 Å². The minimum Gasteiger partial charge on any atom is -0.390 e. The highest BCUT2D eigenvalue weighted by molar-refractivity contribution is 7.98. The van der Waals surface area contributed by atoms with Gasteiger partial charge in [-0.3, -0.25) is 4.52 Å². The van der Waals surface area contributed by atoms with E-state index in [4.69, 9.17) is 15.5 Å². The molecular formula is C13H18N5O6PS. The number of rotatable bonds is 5. The van der Waals surface area contributed by atoms with Gasteiger partial charge >= 0.3 is 7.82 Å². The zero-order valence-corrected chi connectivity index (χ0v) is 15.3. The molecule has 2 aliphatic rings. The van der Waals surface area contributed by atoms with E-state index in [1.807, 2.05) is 0 Å². The molecule has 0 spiro atoms. The molecule has 0 bridgehead atoms. The number of nitrogen functional groups attached to an aromatic ring is 1. The molecular weight excluding hydrogens is 385 g/mol. The molecule has 5 atom stereocenters. The molecule has 0 radical (unpaired) electrons. The predicted octanol–water partition coefficient (Wildman–Crippen LogP) is -0.478. The van der Waals surface area contributed by atoms with Crippen molar-refractivity contribution in [2.24, 2.45) is 11.3 Å². The van der Waals surface area contributed by atoms with Crippen LogP contribution in [0.4, 0.5) is 5.82 Å². The summed E-state index contributed by atoms with van der Waals surface area (Å²) in [5.41, 5.74) is 5.85. The van der Waals surface area contributed by atoms with Gasteiger partial charge in [0.05, 0.1) is 25.1 Å². The van der Waals surface area contributed by atoms with Crippen LogP contribution in [0, 0.1) is 11.3 Å². The summed E-state index contributed by atoms with van der Waals surface area (Å²) in [6, 6.07) is -0.556. The zero-order valence-electron chi connectivity index (χ0n) is 13.6. The zero-order chi connectivity index (χ0) is 18.9. The minimum atomic E-state index is -4.67. The fourth-order valence-electron chi connectivity index (χ4n) is 3.96. The van der Waals surface area contributed by atoms with Gasteiger partial charge in [-0.05, 0) is 18.6 Å². The van der Waals surface area contributed by atoms with Crippen molar-refractivity contribution >= 4 is 36.6 Å². The Labute approximate surface area is 151 Å². The molecule has 26 heavy (non-hydrogen) atoms. The van der Waals surface area contributed by atoms with E-state index in [1.165, 1.54) is 18.1 Å². The second-order valence-electron chi connectivity index (χ2n) is 6.65. The maximum atomic E-state index is 11.0. The van der Waals surface area contributed by atoms with Crippen LogP contribution < -0.4 is 5.73 Å². The van der Waals surface area contributed by atoms with Gasteiger partial charge in [-0.2, -0.15) is 0 Å². The van der Waals surface area contributed by atoms with E-state index in [0.717, 1.165) is 0 Å². The monoisotopic (exact) mass is 403 g/mol. The lowest BCUT2D eigenvalue weighted by atomic mass is 10.0.